The molecule has 1 fully saturated rings. The van der Waals surface area contributed by atoms with E-state index in [9.17, 15) is 48.7 Å². The molecular formula is C30H25F10NO2S. The summed E-state index contributed by atoms with van der Waals surface area (Å²) in [7, 11) is 1.24. The Kier molecular flexibility index (Phi) is 9.00. The molecule has 1 amide bonds. The zero-order chi connectivity index (χ0) is 32.9. The fraction of sp³-hybridized carbons (Fsp3) is 0.367. The average molecular weight is 654 g/mol. The summed E-state index contributed by atoms with van der Waals surface area (Å²) in [5.74, 6) is -0.912. The molecule has 0 unspecified atom stereocenters. The van der Waals surface area contributed by atoms with Gasteiger partial charge in [0, 0.05) is 24.2 Å². The number of rotatable bonds is 6. The number of benzene rings is 3. The summed E-state index contributed by atoms with van der Waals surface area (Å²) in [6, 6.07) is 5.30. The van der Waals surface area contributed by atoms with Gasteiger partial charge in [-0.3, -0.25) is 4.79 Å². The molecule has 0 spiro atoms. The van der Waals surface area contributed by atoms with Gasteiger partial charge in [-0.05, 0) is 71.5 Å². The van der Waals surface area contributed by atoms with Crippen LogP contribution in [0.15, 0.2) is 48.5 Å². The summed E-state index contributed by atoms with van der Waals surface area (Å²) < 4.78 is 142. The molecule has 3 aromatic rings. The lowest BCUT2D eigenvalue weighted by molar-refractivity contribution is -0.143. The van der Waals surface area contributed by atoms with E-state index in [4.69, 9.17) is 4.74 Å². The molecule has 1 aliphatic heterocycles. The second-order valence-electron chi connectivity index (χ2n) is 10.6. The Morgan fingerprint density at radius 3 is 1.89 bits per heavy atom. The van der Waals surface area contributed by atoms with E-state index in [1.807, 2.05) is 0 Å². The largest absolute Gasteiger partial charge is 0.496 e. The lowest BCUT2D eigenvalue weighted by atomic mass is 9.91. The highest BCUT2D eigenvalue weighted by molar-refractivity contribution is 8.14. The van der Waals surface area contributed by atoms with Crippen molar-refractivity contribution >= 4 is 17.0 Å². The Morgan fingerprint density at radius 2 is 1.39 bits per heavy atom. The van der Waals surface area contributed by atoms with Gasteiger partial charge in [-0.1, -0.05) is 31.7 Å². The van der Waals surface area contributed by atoms with E-state index >= 15 is 0 Å². The van der Waals surface area contributed by atoms with E-state index in [1.54, 1.807) is 13.8 Å². The molecule has 3 nitrogen and oxygen atoms in total. The Bertz CT molecular complexity index is 1530. The van der Waals surface area contributed by atoms with E-state index < -0.39 is 69.7 Å². The number of hydrogen-bond acceptors (Lipinski definition) is 3. The zero-order valence-electron chi connectivity index (χ0n) is 23.5. The van der Waals surface area contributed by atoms with E-state index in [-0.39, 0.29) is 40.0 Å². The van der Waals surface area contributed by atoms with Crippen LogP contribution < -0.4 is 4.74 Å². The van der Waals surface area contributed by atoms with Crippen molar-refractivity contribution in [3.05, 3.63) is 87.7 Å². The molecule has 0 radical (unpaired) electrons. The van der Waals surface area contributed by atoms with Crippen molar-refractivity contribution < 1.29 is 53.4 Å². The topological polar surface area (TPSA) is 29.5 Å². The van der Waals surface area contributed by atoms with Crippen molar-refractivity contribution in [2.45, 2.75) is 63.1 Å². The summed E-state index contributed by atoms with van der Waals surface area (Å²) in [5, 5.41) is -1.96. The third kappa shape index (κ3) is 6.79. The molecule has 3 aromatic carbocycles. The maximum atomic E-state index is 14.7. The SMILES string of the molecule is COc1cc(F)c(C(C)C)cc1-c1ccc(C(F)(F)F)cc1CN1C(=O)S[C@H](c2cc(C(F)(F)F)cc(C(F)(F)F)c2)[C@@H]1C. The number of methoxy groups -OCH3 is 1. The van der Waals surface area contributed by atoms with Crippen molar-refractivity contribution in [1.82, 2.24) is 4.90 Å². The number of nitrogens with zero attached hydrogens (tertiary/aromatic N) is 1. The molecule has 0 N–H and O–H groups in total. The minimum atomic E-state index is -5.11. The van der Waals surface area contributed by atoms with Gasteiger partial charge in [-0.2, -0.15) is 39.5 Å². The predicted octanol–water partition coefficient (Wildman–Crippen LogP) is 10.5. The van der Waals surface area contributed by atoms with Gasteiger partial charge >= 0.3 is 18.5 Å². The number of carbonyl (C=O) groups is 1. The lowest BCUT2D eigenvalue weighted by Crippen LogP contribution is -2.31. The van der Waals surface area contributed by atoms with Gasteiger partial charge in [0.05, 0.1) is 29.1 Å². The number of thioether (sulfide) groups is 1. The summed E-state index contributed by atoms with van der Waals surface area (Å²) in [5.41, 5.74) is -3.96. The highest BCUT2D eigenvalue weighted by atomic mass is 32.2. The van der Waals surface area contributed by atoms with Crippen LogP contribution in [0.1, 0.15) is 65.3 Å². The monoisotopic (exact) mass is 653 g/mol. The van der Waals surface area contributed by atoms with Crippen LogP contribution in [0.5, 0.6) is 5.75 Å². The minimum Gasteiger partial charge on any atom is -0.496 e. The zero-order valence-corrected chi connectivity index (χ0v) is 24.3. The average Bonchev–Trinajstić information content (AvgIpc) is 3.19. The number of amides is 1. The van der Waals surface area contributed by atoms with Gasteiger partial charge < -0.3 is 9.64 Å². The van der Waals surface area contributed by atoms with Crippen molar-refractivity contribution in [3.8, 4) is 16.9 Å². The third-order valence-corrected chi connectivity index (χ3v) is 8.69. The van der Waals surface area contributed by atoms with E-state index in [1.165, 1.54) is 20.1 Å². The number of ether oxygens (including phenoxy) is 1. The number of halogens is 10. The fourth-order valence-corrected chi connectivity index (χ4v) is 6.24. The first kappa shape index (κ1) is 33.5. The van der Waals surface area contributed by atoms with Crippen LogP contribution in [0, 0.1) is 5.82 Å². The Labute approximate surface area is 250 Å². The molecule has 0 aromatic heterocycles. The lowest BCUT2D eigenvalue weighted by Gasteiger charge is -2.26. The molecule has 44 heavy (non-hydrogen) atoms. The molecule has 1 saturated heterocycles. The highest BCUT2D eigenvalue weighted by Gasteiger charge is 2.43. The molecule has 14 heteroatoms. The molecular weight excluding hydrogens is 628 g/mol. The van der Waals surface area contributed by atoms with Crippen molar-refractivity contribution in [1.29, 1.82) is 0 Å². The molecule has 1 heterocycles. The number of carbonyl (C=O) groups excluding carboxylic acids is 1. The number of alkyl halides is 9. The predicted molar refractivity (Wildman–Crippen MR) is 145 cm³/mol. The van der Waals surface area contributed by atoms with E-state index in [0.29, 0.717) is 23.9 Å². The van der Waals surface area contributed by atoms with Crippen LogP contribution in [0.3, 0.4) is 0 Å². The molecule has 4 rings (SSSR count). The fourth-order valence-electron chi connectivity index (χ4n) is 5.04. The van der Waals surface area contributed by atoms with Gasteiger partial charge in [-0.15, -0.1) is 0 Å². The highest BCUT2D eigenvalue weighted by Crippen LogP contribution is 2.48. The summed E-state index contributed by atoms with van der Waals surface area (Å²) in [6.07, 6.45) is -15.0. The molecule has 238 valence electrons. The first-order valence-electron chi connectivity index (χ1n) is 13.1. The second kappa shape index (κ2) is 11.8. The van der Waals surface area contributed by atoms with Crippen LogP contribution in [-0.2, 0) is 25.1 Å². The quantitative estimate of drug-likeness (QED) is 0.248. The van der Waals surface area contributed by atoms with Crippen molar-refractivity contribution in [2.24, 2.45) is 0 Å². The molecule has 0 bridgehead atoms. The van der Waals surface area contributed by atoms with Crippen LogP contribution in [0.2, 0.25) is 0 Å². The number of hydrogen-bond donors (Lipinski definition) is 0. The Hall–Kier alpha value is -3.42. The third-order valence-electron chi connectivity index (χ3n) is 7.33. The summed E-state index contributed by atoms with van der Waals surface area (Å²) in [4.78, 5) is 14.2. The molecule has 2 atom stereocenters. The molecule has 0 saturated carbocycles. The second-order valence-corrected chi connectivity index (χ2v) is 11.7. The van der Waals surface area contributed by atoms with Gasteiger partial charge in [0.25, 0.3) is 5.24 Å². The molecule has 1 aliphatic rings. The maximum absolute atomic E-state index is 14.7. The van der Waals surface area contributed by atoms with Crippen LogP contribution in [0.4, 0.5) is 48.7 Å². The first-order valence-corrected chi connectivity index (χ1v) is 13.9. The van der Waals surface area contributed by atoms with Gasteiger partial charge in [0.15, 0.2) is 0 Å². The van der Waals surface area contributed by atoms with Gasteiger partial charge in [0.1, 0.15) is 11.6 Å². The van der Waals surface area contributed by atoms with E-state index in [0.717, 1.165) is 29.2 Å². The van der Waals surface area contributed by atoms with Crippen LogP contribution >= 0.6 is 11.8 Å². The summed E-state index contributed by atoms with van der Waals surface area (Å²) >= 11 is 0.476. The van der Waals surface area contributed by atoms with E-state index in [2.05, 4.69) is 0 Å². The maximum Gasteiger partial charge on any atom is 0.416 e. The Balaban J connectivity index is 1.81. The molecule has 0 aliphatic carbocycles. The van der Waals surface area contributed by atoms with Gasteiger partial charge in [0.2, 0.25) is 0 Å². The van der Waals surface area contributed by atoms with Gasteiger partial charge in [-0.25, -0.2) is 4.39 Å². The normalized spacial score (nSPS) is 18.0. The van der Waals surface area contributed by atoms with Crippen LogP contribution in [0.25, 0.3) is 11.1 Å². The van der Waals surface area contributed by atoms with Crippen molar-refractivity contribution in [3.63, 3.8) is 0 Å². The Morgan fingerprint density at radius 1 is 0.818 bits per heavy atom. The smallest absolute Gasteiger partial charge is 0.416 e. The minimum absolute atomic E-state index is 0.00426. The van der Waals surface area contributed by atoms with Crippen molar-refractivity contribution in [2.75, 3.05) is 7.11 Å². The summed E-state index contributed by atoms with van der Waals surface area (Å²) in [6.45, 7) is 4.33. The van der Waals surface area contributed by atoms with Crippen LogP contribution in [-0.4, -0.2) is 23.3 Å². The first-order chi connectivity index (χ1) is 20.2. The standard InChI is InChI=1S/C30H25F10NO2S/c1-14(2)22-11-23(25(43-4)12-24(22)31)21-6-5-18(28(32,33)34)9-17(21)13-41-15(3)26(44-27(41)42)16-7-19(29(35,36)37)10-20(8-16)30(38,39)40/h5-12,14-15,26H,13H2,1-4H3/t15-,26-/m0/s1.